The molecule has 1 aromatic carbocycles. The van der Waals surface area contributed by atoms with Gasteiger partial charge in [0.05, 0.1) is 6.61 Å². The van der Waals surface area contributed by atoms with Gasteiger partial charge in [-0.2, -0.15) is 0 Å². The van der Waals surface area contributed by atoms with Crippen molar-refractivity contribution in [2.75, 3.05) is 13.7 Å². The van der Waals surface area contributed by atoms with Crippen molar-refractivity contribution in [1.82, 2.24) is 10.6 Å². The summed E-state index contributed by atoms with van der Waals surface area (Å²) in [5, 5.41) is 6.05. The first-order valence-electron chi connectivity index (χ1n) is 7.08. The molecule has 0 atom stereocenters. The predicted molar refractivity (Wildman–Crippen MR) is 81.8 cm³/mol. The Labute approximate surface area is 121 Å². The molecule has 0 aliphatic carbocycles. The molecule has 0 saturated heterocycles. The Morgan fingerprint density at radius 3 is 2.70 bits per heavy atom. The molecule has 4 nitrogen and oxygen atoms in total. The molecule has 0 aliphatic rings. The zero-order valence-corrected chi connectivity index (χ0v) is 13.0. The van der Waals surface area contributed by atoms with Gasteiger partial charge in [-0.05, 0) is 44.9 Å². The van der Waals surface area contributed by atoms with Crippen molar-refractivity contribution in [3.05, 3.63) is 29.8 Å². The van der Waals surface area contributed by atoms with E-state index in [4.69, 9.17) is 4.74 Å². The number of hydrogen-bond donors (Lipinski definition) is 2. The number of ether oxygens (including phenoxy) is 1. The monoisotopic (exact) mass is 278 g/mol. The third-order valence-corrected chi connectivity index (χ3v) is 2.82. The maximum absolute atomic E-state index is 11.1. The van der Waals surface area contributed by atoms with Crippen molar-refractivity contribution >= 4 is 5.91 Å². The van der Waals surface area contributed by atoms with Gasteiger partial charge >= 0.3 is 0 Å². The molecule has 0 heterocycles. The van der Waals surface area contributed by atoms with Gasteiger partial charge in [0.2, 0.25) is 5.91 Å². The van der Waals surface area contributed by atoms with Gasteiger partial charge in [-0.1, -0.05) is 12.1 Å². The maximum Gasteiger partial charge on any atom is 0.219 e. The molecule has 1 rings (SSSR count). The Morgan fingerprint density at radius 2 is 2.05 bits per heavy atom. The zero-order valence-electron chi connectivity index (χ0n) is 13.0. The van der Waals surface area contributed by atoms with E-state index in [1.807, 2.05) is 18.2 Å². The second kappa shape index (κ2) is 7.90. The highest BCUT2D eigenvalue weighted by molar-refractivity contribution is 5.75. The van der Waals surface area contributed by atoms with Crippen LogP contribution in [0.1, 0.15) is 39.2 Å². The Balaban J connectivity index is 2.38. The molecule has 2 N–H and O–H groups in total. The average molecular weight is 278 g/mol. The molecule has 0 radical (unpaired) electrons. The first kappa shape index (κ1) is 16.5. The van der Waals surface area contributed by atoms with Crippen molar-refractivity contribution in [1.29, 1.82) is 0 Å². The summed E-state index contributed by atoms with van der Waals surface area (Å²) in [4.78, 5) is 11.1. The van der Waals surface area contributed by atoms with E-state index in [1.54, 1.807) is 7.05 Å². The fourth-order valence-electron chi connectivity index (χ4n) is 1.66. The number of rotatable bonds is 7. The van der Waals surface area contributed by atoms with Crippen LogP contribution in [-0.4, -0.2) is 25.1 Å². The minimum atomic E-state index is 0.0525. The Morgan fingerprint density at radius 1 is 1.30 bits per heavy atom. The normalized spacial score (nSPS) is 11.2. The van der Waals surface area contributed by atoms with Crippen LogP contribution in [0.5, 0.6) is 5.75 Å². The highest BCUT2D eigenvalue weighted by atomic mass is 16.5. The van der Waals surface area contributed by atoms with E-state index in [9.17, 15) is 4.79 Å². The van der Waals surface area contributed by atoms with Crippen molar-refractivity contribution in [3.63, 3.8) is 0 Å². The van der Waals surface area contributed by atoms with Crippen LogP contribution in [-0.2, 0) is 11.3 Å². The lowest BCUT2D eigenvalue weighted by atomic mass is 10.1. The van der Waals surface area contributed by atoms with E-state index in [-0.39, 0.29) is 11.4 Å². The molecule has 0 aliphatic heterocycles. The molecule has 0 bridgehead atoms. The molecule has 0 aromatic heterocycles. The lowest BCUT2D eigenvalue weighted by Gasteiger charge is -2.20. The van der Waals surface area contributed by atoms with Gasteiger partial charge in [-0.25, -0.2) is 0 Å². The minimum absolute atomic E-state index is 0.0525. The summed E-state index contributed by atoms with van der Waals surface area (Å²) in [5.74, 6) is 0.909. The minimum Gasteiger partial charge on any atom is -0.494 e. The number of amides is 1. The highest BCUT2D eigenvalue weighted by Gasteiger charge is 2.08. The van der Waals surface area contributed by atoms with Gasteiger partial charge in [0.15, 0.2) is 0 Å². The van der Waals surface area contributed by atoms with Gasteiger partial charge in [-0.3, -0.25) is 4.79 Å². The van der Waals surface area contributed by atoms with E-state index in [0.717, 1.165) is 18.7 Å². The van der Waals surface area contributed by atoms with Crippen LogP contribution in [0, 0.1) is 0 Å². The second-order valence-corrected chi connectivity index (χ2v) is 5.88. The first-order valence-corrected chi connectivity index (χ1v) is 7.08. The van der Waals surface area contributed by atoms with E-state index >= 15 is 0 Å². The summed E-state index contributed by atoms with van der Waals surface area (Å²) < 4.78 is 5.67. The molecule has 112 valence electrons. The van der Waals surface area contributed by atoms with Crippen molar-refractivity contribution in [2.45, 2.75) is 45.7 Å². The van der Waals surface area contributed by atoms with Gasteiger partial charge < -0.3 is 15.4 Å². The largest absolute Gasteiger partial charge is 0.494 e. The Kier molecular flexibility index (Phi) is 6.52. The molecule has 4 heteroatoms. The molecular weight excluding hydrogens is 252 g/mol. The fourth-order valence-corrected chi connectivity index (χ4v) is 1.66. The SMILES string of the molecule is CNC(=O)CCCOc1cccc(CNC(C)(C)C)c1. The van der Waals surface area contributed by atoms with Gasteiger partial charge in [-0.15, -0.1) is 0 Å². The van der Waals surface area contributed by atoms with Crippen molar-refractivity contribution in [2.24, 2.45) is 0 Å². The standard InChI is InChI=1S/C16H26N2O2/c1-16(2,3)18-12-13-7-5-8-14(11-13)20-10-6-9-15(19)17-4/h5,7-8,11,18H,6,9-10,12H2,1-4H3,(H,17,19). The topological polar surface area (TPSA) is 50.4 Å². The summed E-state index contributed by atoms with van der Waals surface area (Å²) in [6, 6.07) is 8.06. The number of carbonyl (C=O) groups is 1. The molecule has 0 unspecified atom stereocenters. The molecule has 0 fully saturated rings. The van der Waals surface area contributed by atoms with Crippen molar-refractivity contribution < 1.29 is 9.53 Å². The summed E-state index contributed by atoms with van der Waals surface area (Å²) in [6.45, 7) is 7.81. The maximum atomic E-state index is 11.1. The van der Waals surface area contributed by atoms with E-state index in [1.165, 1.54) is 5.56 Å². The smallest absolute Gasteiger partial charge is 0.219 e. The Hall–Kier alpha value is -1.55. The zero-order chi connectivity index (χ0) is 15.0. The summed E-state index contributed by atoms with van der Waals surface area (Å²) in [7, 11) is 1.65. The summed E-state index contributed by atoms with van der Waals surface area (Å²) in [5.41, 5.74) is 1.30. The molecule has 20 heavy (non-hydrogen) atoms. The highest BCUT2D eigenvalue weighted by Crippen LogP contribution is 2.14. The van der Waals surface area contributed by atoms with Crippen LogP contribution in [0.2, 0.25) is 0 Å². The third-order valence-electron chi connectivity index (χ3n) is 2.82. The molecule has 0 saturated carbocycles. The fraction of sp³-hybridized carbons (Fsp3) is 0.562. The number of nitrogens with one attached hydrogen (secondary N) is 2. The Bertz CT molecular complexity index is 425. The second-order valence-electron chi connectivity index (χ2n) is 5.88. The average Bonchev–Trinajstić information content (AvgIpc) is 2.41. The quantitative estimate of drug-likeness (QED) is 0.753. The van der Waals surface area contributed by atoms with E-state index < -0.39 is 0 Å². The lowest BCUT2D eigenvalue weighted by Crippen LogP contribution is -2.35. The van der Waals surface area contributed by atoms with Crippen LogP contribution >= 0.6 is 0 Å². The molecule has 0 spiro atoms. The van der Waals surface area contributed by atoms with Crippen molar-refractivity contribution in [3.8, 4) is 5.75 Å². The number of hydrogen-bond acceptors (Lipinski definition) is 3. The number of carbonyl (C=O) groups excluding carboxylic acids is 1. The lowest BCUT2D eigenvalue weighted by molar-refractivity contribution is -0.120. The van der Waals surface area contributed by atoms with Crippen LogP contribution in [0.4, 0.5) is 0 Å². The number of benzene rings is 1. The van der Waals surface area contributed by atoms with Gasteiger partial charge in [0.1, 0.15) is 5.75 Å². The van der Waals surface area contributed by atoms with Crippen LogP contribution in [0.3, 0.4) is 0 Å². The molecule has 1 aromatic rings. The van der Waals surface area contributed by atoms with Gasteiger partial charge in [0, 0.05) is 25.6 Å². The van der Waals surface area contributed by atoms with Gasteiger partial charge in [0.25, 0.3) is 0 Å². The van der Waals surface area contributed by atoms with E-state index in [0.29, 0.717) is 13.0 Å². The predicted octanol–water partition coefficient (Wildman–Crippen LogP) is 2.48. The first-order chi connectivity index (χ1) is 9.40. The molecular formula is C16H26N2O2. The molecule has 1 amide bonds. The van der Waals surface area contributed by atoms with Crippen LogP contribution in [0.25, 0.3) is 0 Å². The van der Waals surface area contributed by atoms with E-state index in [2.05, 4.69) is 37.5 Å². The van der Waals surface area contributed by atoms with Crippen LogP contribution < -0.4 is 15.4 Å². The summed E-state index contributed by atoms with van der Waals surface area (Å²) in [6.07, 6.45) is 1.23. The summed E-state index contributed by atoms with van der Waals surface area (Å²) >= 11 is 0. The third kappa shape index (κ3) is 7.14. The van der Waals surface area contributed by atoms with Crippen LogP contribution in [0.15, 0.2) is 24.3 Å².